The SMILES string of the molecule is CN(C(=O)c1cc(Br)cc(Br)c1)C1CCSC1. The zero-order chi connectivity index (χ0) is 12.4. The highest BCUT2D eigenvalue weighted by Gasteiger charge is 2.24. The fourth-order valence-electron chi connectivity index (χ4n) is 1.87. The molecule has 1 aromatic rings. The van der Waals surface area contributed by atoms with Crippen LogP contribution >= 0.6 is 43.6 Å². The number of nitrogens with zero attached hydrogens (tertiary/aromatic N) is 1. The average Bonchev–Trinajstić information content (AvgIpc) is 2.79. The van der Waals surface area contributed by atoms with Crippen molar-refractivity contribution in [2.45, 2.75) is 12.5 Å². The summed E-state index contributed by atoms with van der Waals surface area (Å²) in [5, 5.41) is 0. The van der Waals surface area contributed by atoms with E-state index in [1.165, 1.54) is 0 Å². The summed E-state index contributed by atoms with van der Waals surface area (Å²) in [7, 11) is 1.90. The minimum absolute atomic E-state index is 0.0968. The van der Waals surface area contributed by atoms with Gasteiger partial charge in [0.05, 0.1) is 0 Å². The lowest BCUT2D eigenvalue weighted by atomic mass is 10.1. The van der Waals surface area contributed by atoms with E-state index in [4.69, 9.17) is 0 Å². The molecule has 0 aromatic heterocycles. The lowest BCUT2D eigenvalue weighted by Gasteiger charge is -2.24. The first kappa shape index (κ1) is 13.4. The van der Waals surface area contributed by atoms with Crippen LogP contribution in [0.3, 0.4) is 0 Å². The van der Waals surface area contributed by atoms with E-state index >= 15 is 0 Å². The van der Waals surface area contributed by atoms with Gasteiger partial charge in [0.25, 0.3) is 5.91 Å². The topological polar surface area (TPSA) is 20.3 Å². The summed E-state index contributed by atoms with van der Waals surface area (Å²) in [6.07, 6.45) is 1.10. The normalized spacial score (nSPS) is 19.4. The van der Waals surface area contributed by atoms with Crippen molar-refractivity contribution in [3.8, 4) is 0 Å². The number of hydrogen-bond donors (Lipinski definition) is 0. The van der Waals surface area contributed by atoms with Crippen LogP contribution < -0.4 is 0 Å². The molecule has 0 spiro atoms. The molecule has 0 N–H and O–H groups in total. The minimum Gasteiger partial charge on any atom is -0.338 e. The number of hydrogen-bond acceptors (Lipinski definition) is 2. The van der Waals surface area contributed by atoms with Crippen molar-refractivity contribution in [2.75, 3.05) is 18.6 Å². The lowest BCUT2D eigenvalue weighted by molar-refractivity contribution is 0.0747. The third kappa shape index (κ3) is 3.26. The maximum Gasteiger partial charge on any atom is 0.253 e. The summed E-state index contributed by atoms with van der Waals surface area (Å²) in [4.78, 5) is 14.2. The van der Waals surface area contributed by atoms with Crippen molar-refractivity contribution in [1.82, 2.24) is 4.90 Å². The number of halogens is 2. The third-order valence-corrected chi connectivity index (χ3v) is 4.94. The largest absolute Gasteiger partial charge is 0.338 e. The molecule has 0 bridgehead atoms. The highest BCUT2D eigenvalue weighted by atomic mass is 79.9. The lowest BCUT2D eigenvalue weighted by Crippen LogP contribution is -2.36. The van der Waals surface area contributed by atoms with Gasteiger partial charge in [-0.2, -0.15) is 11.8 Å². The highest BCUT2D eigenvalue weighted by molar-refractivity contribution is 9.11. The van der Waals surface area contributed by atoms with Crippen LogP contribution in [0.1, 0.15) is 16.8 Å². The molecule has 1 aliphatic rings. The first-order chi connectivity index (χ1) is 8.08. The van der Waals surface area contributed by atoms with Gasteiger partial charge in [-0.05, 0) is 30.4 Å². The fourth-order valence-corrected chi connectivity index (χ4v) is 4.44. The summed E-state index contributed by atoms with van der Waals surface area (Å²) >= 11 is 8.74. The molecule has 5 heteroatoms. The Morgan fingerprint density at radius 1 is 1.35 bits per heavy atom. The van der Waals surface area contributed by atoms with E-state index in [9.17, 15) is 4.79 Å². The molecule has 1 saturated heterocycles. The Labute approximate surface area is 122 Å². The molecular formula is C12H13Br2NOS. The fraction of sp³-hybridized carbons (Fsp3) is 0.417. The van der Waals surface area contributed by atoms with Crippen LogP contribution in [-0.4, -0.2) is 35.4 Å². The van der Waals surface area contributed by atoms with Gasteiger partial charge in [0.15, 0.2) is 0 Å². The molecular weight excluding hydrogens is 366 g/mol. The van der Waals surface area contributed by atoms with E-state index in [-0.39, 0.29) is 5.91 Å². The molecule has 1 unspecified atom stereocenters. The first-order valence-electron chi connectivity index (χ1n) is 5.39. The molecule has 1 aliphatic heterocycles. The quantitative estimate of drug-likeness (QED) is 0.780. The van der Waals surface area contributed by atoms with Gasteiger partial charge in [0, 0.05) is 33.4 Å². The van der Waals surface area contributed by atoms with Crippen molar-refractivity contribution in [2.24, 2.45) is 0 Å². The molecule has 0 aliphatic carbocycles. The molecule has 2 nitrogen and oxygen atoms in total. The van der Waals surface area contributed by atoms with E-state index in [0.29, 0.717) is 6.04 Å². The van der Waals surface area contributed by atoms with Crippen LogP contribution in [0, 0.1) is 0 Å². The maximum atomic E-state index is 12.3. The smallest absolute Gasteiger partial charge is 0.253 e. The van der Waals surface area contributed by atoms with Gasteiger partial charge in [-0.1, -0.05) is 31.9 Å². The number of carbonyl (C=O) groups is 1. The van der Waals surface area contributed by atoms with E-state index in [0.717, 1.165) is 32.4 Å². The van der Waals surface area contributed by atoms with Crippen LogP contribution in [0.4, 0.5) is 0 Å². The van der Waals surface area contributed by atoms with Gasteiger partial charge >= 0.3 is 0 Å². The molecule has 2 rings (SSSR count). The molecule has 1 aromatic carbocycles. The monoisotopic (exact) mass is 377 g/mol. The zero-order valence-corrected chi connectivity index (χ0v) is 13.4. The van der Waals surface area contributed by atoms with Crippen LogP contribution in [-0.2, 0) is 0 Å². The van der Waals surface area contributed by atoms with Crippen molar-refractivity contribution in [3.05, 3.63) is 32.7 Å². The van der Waals surface area contributed by atoms with Gasteiger partial charge in [0.2, 0.25) is 0 Å². The second-order valence-corrected chi connectivity index (χ2v) is 7.07. The molecule has 1 fully saturated rings. The number of thioether (sulfide) groups is 1. The predicted octanol–water partition coefficient (Wildman–Crippen LogP) is 3.79. The molecule has 0 radical (unpaired) electrons. The molecule has 1 atom stereocenters. The van der Waals surface area contributed by atoms with Crippen molar-refractivity contribution < 1.29 is 4.79 Å². The molecule has 17 heavy (non-hydrogen) atoms. The van der Waals surface area contributed by atoms with E-state index in [2.05, 4.69) is 31.9 Å². The Hall–Kier alpha value is -0.000000000000000111. The Kier molecular flexibility index (Phi) is 4.55. The van der Waals surface area contributed by atoms with Crippen LogP contribution in [0.25, 0.3) is 0 Å². The standard InChI is InChI=1S/C12H13Br2NOS/c1-15(11-2-3-17-7-11)12(16)8-4-9(13)6-10(14)5-8/h4-6,11H,2-3,7H2,1H3. The zero-order valence-electron chi connectivity index (χ0n) is 9.45. The number of rotatable bonds is 2. The summed E-state index contributed by atoms with van der Waals surface area (Å²) in [6, 6.07) is 6.05. The molecule has 1 amide bonds. The summed E-state index contributed by atoms with van der Waals surface area (Å²) in [6.45, 7) is 0. The Morgan fingerprint density at radius 3 is 2.53 bits per heavy atom. The number of amides is 1. The van der Waals surface area contributed by atoms with E-state index in [1.807, 2.05) is 41.9 Å². The minimum atomic E-state index is 0.0968. The van der Waals surface area contributed by atoms with Crippen LogP contribution in [0.2, 0.25) is 0 Å². The van der Waals surface area contributed by atoms with E-state index in [1.54, 1.807) is 0 Å². The van der Waals surface area contributed by atoms with Gasteiger partial charge in [-0.25, -0.2) is 0 Å². The van der Waals surface area contributed by atoms with Crippen LogP contribution in [0.15, 0.2) is 27.1 Å². The highest BCUT2D eigenvalue weighted by Crippen LogP contribution is 2.25. The summed E-state index contributed by atoms with van der Waals surface area (Å²) in [5.74, 6) is 2.31. The molecule has 92 valence electrons. The Bertz CT molecular complexity index is 412. The predicted molar refractivity (Wildman–Crippen MR) is 79.7 cm³/mol. The molecule has 0 saturated carbocycles. The number of benzene rings is 1. The van der Waals surface area contributed by atoms with Crippen LogP contribution in [0.5, 0.6) is 0 Å². The average molecular weight is 379 g/mol. The van der Waals surface area contributed by atoms with Gasteiger partial charge in [-0.15, -0.1) is 0 Å². The first-order valence-corrected chi connectivity index (χ1v) is 8.13. The van der Waals surface area contributed by atoms with Gasteiger partial charge in [0.1, 0.15) is 0 Å². The Balaban J connectivity index is 2.17. The van der Waals surface area contributed by atoms with Crippen molar-refractivity contribution >= 4 is 49.5 Å². The van der Waals surface area contributed by atoms with Gasteiger partial charge in [-0.3, -0.25) is 4.79 Å². The summed E-state index contributed by atoms with van der Waals surface area (Å²) < 4.78 is 1.84. The maximum absolute atomic E-state index is 12.3. The van der Waals surface area contributed by atoms with Crippen molar-refractivity contribution in [1.29, 1.82) is 0 Å². The second-order valence-electron chi connectivity index (χ2n) is 4.09. The number of carbonyl (C=O) groups excluding carboxylic acids is 1. The second kappa shape index (κ2) is 5.76. The van der Waals surface area contributed by atoms with E-state index < -0.39 is 0 Å². The summed E-state index contributed by atoms with van der Waals surface area (Å²) in [5.41, 5.74) is 0.727. The third-order valence-electron chi connectivity index (χ3n) is 2.88. The molecule has 1 heterocycles. The Morgan fingerprint density at radius 2 is 2.00 bits per heavy atom. The van der Waals surface area contributed by atoms with Gasteiger partial charge < -0.3 is 4.90 Å². The van der Waals surface area contributed by atoms with Crippen molar-refractivity contribution in [3.63, 3.8) is 0 Å².